The third-order valence-corrected chi connectivity index (χ3v) is 4.71. The van der Waals surface area contributed by atoms with Crippen LogP contribution in [-0.4, -0.2) is 25.3 Å². The van der Waals surface area contributed by atoms with Crippen LogP contribution in [0.3, 0.4) is 0 Å². The summed E-state index contributed by atoms with van der Waals surface area (Å²) in [6, 6.07) is 16.4. The summed E-state index contributed by atoms with van der Waals surface area (Å²) in [6.45, 7) is 2.04. The summed E-state index contributed by atoms with van der Waals surface area (Å²) in [4.78, 5) is 12.7. The van der Waals surface area contributed by atoms with Gasteiger partial charge in [-0.15, -0.1) is 0 Å². The third kappa shape index (κ3) is 2.29. The molecule has 26 heavy (non-hydrogen) atoms. The molecule has 0 atom stereocenters. The first-order valence-electron chi connectivity index (χ1n) is 8.61. The third-order valence-electron chi connectivity index (χ3n) is 4.71. The Labute approximate surface area is 150 Å². The first kappa shape index (κ1) is 14.8. The highest BCUT2D eigenvalue weighted by Crippen LogP contribution is 2.37. The number of hydrogen-bond donors (Lipinski definition) is 1. The van der Waals surface area contributed by atoms with E-state index < -0.39 is 0 Å². The zero-order valence-corrected chi connectivity index (χ0v) is 14.3. The molecule has 3 aromatic heterocycles. The smallest absolute Gasteiger partial charge is 0.135 e. The maximum Gasteiger partial charge on any atom is 0.135 e. The van der Waals surface area contributed by atoms with Gasteiger partial charge in [0.1, 0.15) is 5.82 Å². The number of allylic oxidation sites excluding steroid dienone is 1. The van der Waals surface area contributed by atoms with Crippen LogP contribution in [0, 0.1) is 6.92 Å². The van der Waals surface area contributed by atoms with Crippen LogP contribution >= 0.6 is 0 Å². The predicted octanol–water partition coefficient (Wildman–Crippen LogP) is 4.13. The quantitative estimate of drug-likeness (QED) is 0.610. The van der Waals surface area contributed by atoms with Crippen LogP contribution in [0.25, 0.3) is 16.8 Å². The number of benzene rings is 1. The van der Waals surface area contributed by atoms with E-state index in [4.69, 9.17) is 4.99 Å². The average Bonchev–Trinajstić information content (AvgIpc) is 3.39. The highest BCUT2D eigenvalue weighted by Gasteiger charge is 2.26. The van der Waals surface area contributed by atoms with Crippen LogP contribution in [-0.2, 0) is 0 Å². The number of rotatable bonds is 3. The fourth-order valence-electron chi connectivity index (χ4n) is 3.57. The van der Waals surface area contributed by atoms with Crippen LogP contribution in [0.2, 0.25) is 0 Å². The summed E-state index contributed by atoms with van der Waals surface area (Å²) >= 11 is 0. The fraction of sp³-hybridized carbons (Fsp3) is 0.0952. The van der Waals surface area contributed by atoms with Crippen molar-refractivity contribution in [1.29, 1.82) is 0 Å². The minimum atomic E-state index is 0.731. The molecule has 1 aromatic carbocycles. The molecule has 0 spiro atoms. The van der Waals surface area contributed by atoms with Crippen LogP contribution in [0.4, 0.5) is 0 Å². The molecular formula is C21H17N5. The fourth-order valence-corrected chi connectivity index (χ4v) is 3.57. The number of pyridine rings is 1. The number of nitrogens with zero attached hydrogens (tertiary/aromatic N) is 4. The molecule has 126 valence electrons. The maximum absolute atomic E-state index is 5.03. The zero-order chi connectivity index (χ0) is 17.5. The second-order valence-corrected chi connectivity index (χ2v) is 6.36. The largest absolute Gasteiger partial charge is 0.345 e. The van der Waals surface area contributed by atoms with Crippen molar-refractivity contribution in [3.63, 3.8) is 0 Å². The van der Waals surface area contributed by atoms with Gasteiger partial charge < -0.3 is 4.98 Å². The molecule has 1 N–H and O–H groups in total. The number of aryl methyl sites for hydroxylation is 1. The van der Waals surface area contributed by atoms with Crippen molar-refractivity contribution in [1.82, 2.24) is 19.6 Å². The van der Waals surface area contributed by atoms with E-state index in [1.165, 1.54) is 0 Å². The Morgan fingerprint density at radius 2 is 1.88 bits per heavy atom. The molecule has 0 aliphatic carbocycles. The standard InChI is InChI=1S/C21H17N5/c1-14-19(18-9-5-6-12-26(18)25-14)17-13-16(21-22-10-11-23-21)20(24-17)15-7-3-2-4-8-15/h2-12H,13H2,1H3,(H,22,23). The van der Waals surface area contributed by atoms with Gasteiger partial charge >= 0.3 is 0 Å². The van der Waals surface area contributed by atoms with Gasteiger partial charge in [0.05, 0.1) is 22.6 Å². The molecule has 4 aromatic rings. The Morgan fingerprint density at radius 1 is 1.04 bits per heavy atom. The Hall–Kier alpha value is -3.47. The van der Waals surface area contributed by atoms with Crippen LogP contribution in [0.15, 0.2) is 72.1 Å². The number of H-pyrrole nitrogens is 1. The number of fused-ring (bicyclic) bond motifs is 1. The van der Waals surface area contributed by atoms with Crippen molar-refractivity contribution in [3.8, 4) is 0 Å². The summed E-state index contributed by atoms with van der Waals surface area (Å²) in [5, 5.41) is 4.64. The van der Waals surface area contributed by atoms with Crippen molar-refractivity contribution in [3.05, 3.63) is 89.8 Å². The van der Waals surface area contributed by atoms with Gasteiger partial charge in [-0.1, -0.05) is 36.4 Å². The molecule has 0 unspecified atom stereocenters. The van der Waals surface area contributed by atoms with Gasteiger partial charge in [0, 0.05) is 41.7 Å². The Morgan fingerprint density at radius 3 is 2.69 bits per heavy atom. The lowest BCUT2D eigenvalue weighted by Crippen LogP contribution is -2.00. The van der Waals surface area contributed by atoms with Crippen molar-refractivity contribution in [2.45, 2.75) is 13.3 Å². The van der Waals surface area contributed by atoms with Crippen LogP contribution in [0.5, 0.6) is 0 Å². The summed E-state index contributed by atoms with van der Waals surface area (Å²) in [5.74, 6) is 0.872. The highest BCUT2D eigenvalue weighted by molar-refractivity contribution is 6.19. The highest BCUT2D eigenvalue weighted by atomic mass is 15.2. The summed E-state index contributed by atoms with van der Waals surface area (Å²) < 4.78 is 1.92. The number of hydrogen-bond acceptors (Lipinski definition) is 3. The van der Waals surface area contributed by atoms with Crippen LogP contribution in [0.1, 0.15) is 29.1 Å². The van der Waals surface area contributed by atoms with E-state index in [0.717, 1.165) is 51.6 Å². The molecule has 0 radical (unpaired) electrons. The van der Waals surface area contributed by atoms with Gasteiger partial charge in [0.2, 0.25) is 0 Å². The van der Waals surface area contributed by atoms with E-state index in [-0.39, 0.29) is 0 Å². The Balaban J connectivity index is 1.68. The Bertz CT molecular complexity index is 1150. The van der Waals surface area contributed by atoms with Crippen molar-refractivity contribution in [2.24, 2.45) is 4.99 Å². The van der Waals surface area contributed by atoms with E-state index in [9.17, 15) is 0 Å². The lowest BCUT2D eigenvalue weighted by Gasteiger charge is -2.03. The van der Waals surface area contributed by atoms with E-state index in [1.54, 1.807) is 6.20 Å². The topological polar surface area (TPSA) is 58.3 Å². The Kier molecular flexibility index (Phi) is 3.31. The molecule has 0 amide bonds. The second-order valence-electron chi connectivity index (χ2n) is 6.36. The molecular weight excluding hydrogens is 322 g/mol. The van der Waals surface area contributed by atoms with Gasteiger partial charge in [0.15, 0.2) is 0 Å². The molecule has 5 heteroatoms. The monoisotopic (exact) mass is 339 g/mol. The van der Waals surface area contributed by atoms with E-state index in [2.05, 4.69) is 33.3 Å². The normalized spacial score (nSPS) is 14.3. The van der Waals surface area contributed by atoms with Crippen molar-refractivity contribution in [2.75, 3.05) is 0 Å². The van der Waals surface area contributed by atoms with Gasteiger partial charge in [-0.25, -0.2) is 9.50 Å². The molecule has 0 saturated heterocycles. The van der Waals surface area contributed by atoms with Crippen molar-refractivity contribution < 1.29 is 0 Å². The molecule has 5 rings (SSSR count). The van der Waals surface area contributed by atoms with Gasteiger partial charge in [-0.05, 0) is 19.1 Å². The first-order chi connectivity index (χ1) is 12.8. The first-order valence-corrected chi connectivity index (χ1v) is 8.61. The molecule has 5 nitrogen and oxygen atoms in total. The summed E-state index contributed by atoms with van der Waals surface area (Å²) in [6.07, 6.45) is 6.34. The minimum absolute atomic E-state index is 0.731. The summed E-state index contributed by atoms with van der Waals surface area (Å²) in [5.41, 5.74) is 7.41. The maximum atomic E-state index is 5.03. The lowest BCUT2D eigenvalue weighted by atomic mass is 10.0. The zero-order valence-electron chi connectivity index (χ0n) is 14.3. The molecule has 0 bridgehead atoms. The SMILES string of the molecule is Cc1nn2ccccc2c1C1=NC(c2ccccc2)=C(c2ncc[nH]2)C1. The molecule has 0 fully saturated rings. The summed E-state index contributed by atoms with van der Waals surface area (Å²) in [7, 11) is 0. The van der Waals surface area contributed by atoms with Gasteiger partial charge in [-0.2, -0.15) is 5.10 Å². The number of imidazole rings is 1. The van der Waals surface area contributed by atoms with Crippen molar-refractivity contribution >= 4 is 22.5 Å². The lowest BCUT2D eigenvalue weighted by molar-refractivity contribution is 0.934. The molecule has 4 heterocycles. The number of nitrogens with one attached hydrogen (secondary N) is 1. The average molecular weight is 339 g/mol. The molecule has 1 aliphatic heterocycles. The number of aromatic amines is 1. The number of aliphatic imine (C=N–C) groups is 1. The van der Waals surface area contributed by atoms with Gasteiger partial charge in [-0.3, -0.25) is 4.99 Å². The minimum Gasteiger partial charge on any atom is -0.345 e. The van der Waals surface area contributed by atoms with Gasteiger partial charge in [0.25, 0.3) is 0 Å². The van der Waals surface area contributed by atoms with E-state index in [0.29, 0.717) is 0 Å². The van der Waals surface area contributed by atoms with Crippen LogP contribution < -0.4 is 0 Å². The number of aromatic nitrogens is 4. The molecule has 0 saturated carbocycles. The van der Waals surface area contributed by atoms with E-state index in [1.807, 2.05) is 54.2 Å². The predicted molar refractivity (Wildman–Crippen MR) is 103 cm³/mol. The van der Waals surface area contributed by atoms with E-state index >= 15 is 0 Å². The molecule has 1 aliphatic rings. The second kappa shape index (κ2) is 5.81.